The third-order valence-corrected chi connectivity index (χ3v) is 4.83. The second-order valence-corrected chi connectivity index (χ2v) is 6.43. The van der Waals surface area contributed by atoms with Gasteiger partial charge >= 0.3 is 6.18 Å². The van der Waals surface area contributed by atoms with Crippen LogP contribution in [-0.2, 0) is 6.18 Å². The molecular weight excluding hydrogens is 337 g/mol. The van der Waals surface area contributed by atoms with E-state index in [2.05, 4.69) is 6.07 Å². The SMILES string of the molecule is CC1=CC=C(C)[N+]1(c1cc(C)ccc1C#N)c1ccccc1C(F)(F)F. The van der Waals surface area contributed by atoms with E-state index in [0.717, 1.165) is 11.6 Å². The Hall–Kier alpha value is -2.84. The van der Waals surface area contributed by atoms with Crippen LogP contribution in [0.25, 0.3) is 0 Å². The van der Waals surface area contributed by atoms with Gasteiger partial charge in [0.2, 0.25) is 0 Å². The maximum absolute atomic E-state index is 13.8. The summed E-state index contributed by atoms with van der Waals surface area (Å²) in [5.41, 5.74) is 2.59. The van der Waals surface area contributed by atoms with Crippen LogP contribution < -0.4 is 4.48 Å². The van der Waals surface area contributed by atoms with E-state index < -0.39 is 11.7 Å². The molecule has 0 N–H and O–H groups in total. The summed E-state index contributed by atoms with van der Waals surface area (Å²) >= 11 is 0. The minimum atomic E-state index is -4.50. The van der Waals surface area contributed by atoms with Crippen LogP contribution in [0.2, 0.25) is 0 Å². The van der Waals surface area contributed by atoms with Crippen LogP contribution in [0, 0.1) is 18.3 Å². The number of hydrogen-bond acceptors (Lipinski definition) is 1. The van der Waals surface area contributed by atoms with E-state index in [-0.39, 0.29) is 10.2 Å². The number of para-hydroxylation sites is 1. The van der Waals surface area contributed by atoms with Crippen LogP contribution in [0.5, 0.6) is 0 Å². The van der Waals surface area contributed by atoms with Gasteiger partial charge in [0.05, 0.1) is 0 Å². The largest absolute Gasteiger partial charge is 0.422 e. The predicted octanol–water partition coefficient (Wildman–Crippen LogP) is 6.35. The molecule has 1 heterocycles. The zero-order valence-corrected chi connectivity index (χ0v) is 14.7. The lowest BCUT2D eigenvalue weighted by Gasteiger charge is -2.37. The maximum Gasteiger partial charge on any atom is 0.422 e. The molecule has 0 bridgehead atoms. The molecule has 1 aliphatic rings. The Kier molecular flexibility index (Phi) is 4.25. The number of nitriles is 1. The fourth-order valence-corrected chi connectivity index (χ4v) is 3.65. The van der Waals surface area contributed by atoms with Crippen molar-refractivity contribution in [1.82, 2.24) is 4.48 Å². The van der Waals surface area contributed by atoms with Crippen LogP contribution in [-0.4, -0.2) is 0 Å². The van der Waals surface area contributed by atoms with Crippen LogP contribution in [0.4, 0.5) is 24.5 Å². The minimum Gasteiger partial charge on any atom is -0.200 e. The van der Waals surface area contributed by atoms with Crippen molar-refractivity contribution < 1.29 is 13.2 Å². The third kappa shape index (κ3) is 2.54. The second kappa shape index (κ2) is 6.15. The number of hydrogen-bond donors (Lipinski definition) is 0. The van der Waals surface area contributed by atoms with Gasteiger partial charge in [0.15, 0.2) is 11.4 Å². The number of benzene rings is 2. The van der Waals surface area contributed by atoms with Gasteiger partial charge in [-0.05, 0) is 24.6 Å². The second-order valence-electron chi connectivity index (χ2n) is 6.43. The summed E-state index contributed by atoms with van der Waals surface area (Å²) in [6.45, 7) is 5.46. The normalized spacial score (nSPS) is 16.0. The molecule has 0 aliphatic carbocycles. The molecule has 2 nitrogen and oxygen atoms in total. The van der Waals surface area contributed by atoms with E-state index in [1.807, 2.05) is 19.1 Å². The van der Waals surface area contributed by atoms with Gasteiger partial charge in [-0.2, -0.15) is 18.4 Å². The van der Waals surface area contributed by atoms with E-state index in [0.29, 0.717) is 22.6 Å². The lowest BCUT2D eigenvalue weighted by molar-refractivity contribution is -0.137. The molecule has 0 atom stereocenters. The van der Waals surface area contributed by atoms with Gasteiger partial charge in [-0.25, -0.2) is 4.48 Å². The Morgan fingerprint density at radius 3 is 2.08 bits per heavy atom. The molecule has 0 aromatic heterocycles. The molecule has 0 spiro atoms. The molecule has 3 rings (SSSR count). The summed E-state index contributed by atoms with van der Waals surface area (Å²) in [6.07, 6.45) is -0.875. The van der Waals surface area contributed by atoms with E-state index in [9.17, 15) is 18.4 Å². The minimum absolute atomic E-state index is 0.0992. The van der Waals surface area contributed by atoms with Gasteiger partial charge in [0.1, 0.15) is 28.6 Å². The van der Waals surface area contributed by atoms with Crippen molar-refractivity contribution in [2.24, 2.45) is 0 Å². The summed E-state index contributed by atoms with van der Waals surface area (Å²) in [5, 5.41) is 9.61. The average Bonchev–Trinajstić information content (AvgIpc) is 2.89. The fourth-order valence-electron chi connectivity index (χ4n) is 3.65. The van der Waals surface area contributed by atoms with Gasteiger partial charge in [0.25, 0.3) is 0 Å². The van der Waals surface area contributed by atoms with Crippen molar-refractivity contribution in [2.75, 3.05) is 0 Å². The Morgan fingerprint density at radius 1 is 0.885 bits per heavy atom. The molecule has 0 amide bonds. The van der Waals surface area contributed by atoms with Gasteiger partial charge < -0.3 is 0 Å². The Bertz CT molecular complexity index is 957. The van der Waals surface area contributed by atoms with Crippen LogP contribution in [0.1, 0.15) is 30.5 Å². The molecule has 0 unspecified atom stereocenters. The van der Waals surface area contributed by atoms with E-state index in [1.54, 1.807) is 38.1 Å². The Labute approximate surface area is 150 Å². The molecule has 2 aromatic carbocycles. The first-order valence-corrected chi connectivity index (χ1v) is 8.16. The molecule has 0 fully saturated rings. The highest BCUT2D eigenvalue weighted by atomic mass is 19.4. The van der Waals surface area contributed by atoms with Crippen LogP contribution in [0.3, 0.4) is 0 Å². The van der Waals surface area contributed by atoms with Crippen LogP contribution in [0.15, 0.2) is 66.0 Å². The first kappa shape index (κ1) is 18.0. The predicted molar refractivity (Wildman–Crippen MR) is 96.3 cm³/mol. The number of quaternary nitrogens is 1. The van der Waals surface area contributed by atoms with Crippen molar-refractivity contribution in [3.05, 3.63) is 82.7 Å². The summed E-state index contributed by atoms with van der Waals surface area (Å²) in [6, 6.07) is 13.0. The number of halogens is 3. The first-order chi connectivity index (χ1) is 12.2. The lowest BCUT2D eigenvalue weighted by atomic mass is 10.0. The van der Waals surface area contributed by atoms with E-state index in [4.69, 9.17) is 0 Å². The number of alkyl halides is 3. The average molecular weight is 355 g/mol. The molecule has 132 valence electrons. The summed E-state index contributed by atoms with van der Waals surface area (Å²) < 4.78 is 41.2. The van der Waals surface area contributed by atoms with Crippen molar-refractivity contribution in [1.29, 1.82) is 5.26 Å². The van der Waals surface area contributed by atoms with Gasteiger partial charge in [-0.15, -0.1) is 0 Å². The summed E-state index contributed by atoms with van der Waals surface area (Å²) in [4.78, 5) is 0. The van der Waals surface area contributed by atoms with Crippen LogP contribution >= 0.6 is 0 Å². The van der Waals surface area contributed by atoms with Crippen molar-refractivity contribution >= 4 is 11.4 Å². The molecule has 2 aromatic rings. The van der Waals surface area contributed by atoms with Gasteiger partial charge in [-0.3, -0.25) is 0 Å². The monoisotopic (exact) mass is 355 g/mol. The molecule has 0 radical (unpaired) electrons. The standard InChI is InChI=1S/C21H18F3N2/c1-14-8-11-17(13-25)20(12-14)26(15(2)9-10-16(26)3)19-7-5-4-6-18(19)21(22,23)24/h4-12H,1-3H3/q+1. The number of nitrogens with zero attached hydrogens (tertiary/aromatic N) is 2. The fraction of sp³-hybridized carbons (Fsp3) is 0.190. The highest BCUT2D eigenvalue weighted by molar-refractivity contribution is 5.76. The van der Waals surface area contributed by atoms with Crippen molar-refractivity contribution in [3.8, 4) is 6.07 Å². The first-order valence-electron chi connectivity index (χ1n) is 8.16. The third-order valence-electron chi connectivity index (χ3n) is 4.83. The molecule has 5 heteroatoms. The highest BCUT2D eigenvalue weighted by Gasteiger charge is 2.48. The lowest BCUT2D eigenvalue weighted by Crippen LogP contribution is -2.40. The smallest absolute Gasteiger partial charge is 0.200 e. The quantitative estimate of drug-likeness (QED) is 0.576. The maximum atomic E-state index is 13.8. The zero-order chi connectivity index (χ0) is 19.1. The molecule has 1 aliphatic heterocycles. The number of rotatable bonds is 2. The molecule has 0 saturated carbocycles. The van der Waals surface area contributed by atoms with E-state index >= 15 is 0 Å². The van der Waals surface area contributed by atoms with E-state index in [1.165, 1.54) is 12.1 Å². The van der Waals surface area contributed by atoms with Crippen molar-refractivity contribution in [3.63, 3.8) is 0 Å². The number of aryl methyl sites for hydroxylation is 1. The topological polar surface area (TPSA) is 23.8 Å². The zero-order valence-electron chi connectivity index (χ0n) is 14.7. The summed E-state index contributed by atoms with van der Waals surface area (Å²) in [5.74, 6) is 0. The Morgan fingerprint density at radius 2 is 1.50 bits per heavy atom. The molecule has 26 heavy (non-hydrogen) atoms. The molecule has 0 saturated heterocycles. The van der Waals surface area contributed by atoms with Gasteiger partial charge in [0, 0.05) is 38.1 Å². The van der Waals surface area contributed by atoms with Crippen molar-refractivity contribution in [2.45, 2.75) is 26.9 Å². The Balaban J connectivity index is 2.47. The summed E-state index contributed by atoms with van der Waals surface area (Å²) in [7, 11) is 0. The van der Waals surface area contributed by atoms with Gasteiger partial charge in [-0.1, -0.05) is 18.2 Å². The highest BCUT2D eigenvalue weighted by Crippen LogP contribution is 2.52. The number of allylic oxidation sites excluding steroid dienone is 4. The molecular formula is C21H18F3N2+.